The first-order chi connectivity index (χ1) is 8.09. The molecule has 90 valence electrons. The van der Waals surface area contributed by atoms with Crippen LogP contribution in [-0.2, 0) is 7.05 Å². The van der Waals surface area contributed by atoms with Gasteiger partial charge in [0, 0.05) is 25.6 Å². The van der Waals surface area contributed by atoms with E-state index in [-0.39, 0.29) is 6.04 Å². The molecule has 5 heteroatoms. The van der Waals surface area contributed by atoms with Gasteiger partial charge in [-0.1, -0.05) is 11.6 Å². The van der Waals surface area contributed by atoms with E-state index in [2.05, 4.69) is 15.3 Å². The molecular formula is C12H15ClN4. The van der Waals surface area contributed by atoms with Crippen LogP contribution in [0.3, 0.4) is 0 Å². The van der Waals surface area contributed by atoms with Gasteiger partial charge in [-0.05, 0) is 25.5 Å². The fraction of sp³-hybridized carbons (Fsp3) is 0.333. The first-order valence-corrected chi connectivity index (χ1v) is 5.82. The molecule has 0 spiro atoms. The van der Waals surface area contributed by atoms with E-state index in [0.29, 0.717) is 5.15 Å². The molecule has 1 atom stereocenters. The second-order valence-corrected chi connectivity index (χ2v) is 4.41. The van der Waals surface area contributed by atoms with Crippen LogP contribution in [0.1, 0.15) is 24.4 Å². The van der Waals surface area contributed by atoms with Crippen LogP contribution < -0.4 is 5.32 Å². The average Bonchev–Trinajstić information content (AvgIpc) is 2.70. The van der Waals surface area contributed by atoms with E-state index in [9.17, 15) is 0 Å². The third-order valence-electron chi connectivity index (χ3n) is 2.72. The number of aromatic nitrogens is 3. The Morgan fingerprint density at radius 2 is 2.12 bits per heavy atom. The van der Waals surface area contributed by atoms with Crippen LogP contribution in [0, 0.1) is 6.92 Å². The van der Waals surface area contributed by atoms with Crippen LogP contribution in [0.25, 0.3) is 0 Å². The molecule has 0 aliphatic carbocycles. The van der Waals surface area contributed by atoms with Crippen molar-refractivity contribution in [3.8, 4) is 0 Å². The van der Waals surface area contributed by atoms with E-state index in [1.165, 1.54) is 0 Å². The lowest BCUT2D eigenvalue weighted by molar-refractivity contribution is 0.720. The quantitative estimate of drug-likeness (QED) is 0.852. The lowest BCUT2D eigenvalue weighted by Gasteiger charge is -2.17. The molecule has 4 nitrogen and oxygen atoms in total. The molecule has 2 rings (SSSR count). The van der Waals surface area contributed by atoms with Crippen LogP contribution in [0.15, 0.2) is 24.7 Å². The van der Waals surface area contributed by atoms with E-state index in [4.69, 9.17) is 11.6 Å². The summed E-state index contributed by atoms with van der Waals surface area (Å²) in [6.07, 6.45) is 5.41. The number of hydrogen-bond acceptors (Lipinski definition) is 3. The Morgan fingerprint density at radius 1 is 1.35 bits per heavy atom. The number of anilines is 1. The minimum atomic E-state index is 0.0791. The van der Waals surface area contributed by atoms with Gasteiger partial charge in [0.25, 0.3) is 0 Å². The minimum Gasteiger partial charge on any atom is -0.373 e. The highest BCUT2D eigenvalue weighted by atomic mass is 35.5. The monoisotopic (exact) mass is 250 g/mol. The van der Waals surface area contributed by atoms with E-state index >= 15 is 0 Å². The molecule has 0 amide bonds. The van der Waals surface area contributed by atoms with Gasteiger partial charge in [-0.3, -0.25) is 0 Å². The minimum absolute atomic E-state index is 0.0791. The van der Waals surface area contributed by atoms with Gasteiger partial charge in [0.15, 0.2) is 5.15 Å². The maximum absolute atomic E-state index is 6.07. The third kappa shape index (κ3) is 2.42. The number of nitrogens with zero attached hydrogens (tertiary/aromatic N) is 3. The molecule has 2 aromatic rings. The van der Waals surface area contributed by atoms with E-state index < -0.39 is 0 Å². The van der Waals surface area contributed by atoms with Crippen molar-refractivity contribution in [3.05, 3.63) is 41.2 Å². The maximum atomic E-state index is 6.07. The third-order valence-corrected chi connectivity index (χ3v) is 3.01. The molecule has 2 aromatic heterocycles. The summed E-state index contributed by atoms with van der Waals surface area (Å²) in [6, 6.07) is 2.01. The number of aryl methyl sites for hydroxylation is 2. The summed E-state index contributed by atoms with van der Waals surface area (Å²) in [4.78, 5) is 8.38. The number of rotatable bonds is 3. The van der Waals surface area contributed by atoms with Crippen LogP contribution in [-0.4, -0.2) is 14.5 Å². The first-order valence-electron chi connectivity index (χ1n) is 5.44. The number of hydrogen-bond donors (Lipinski definition) is 1. The summed E-state index contributed by atoms with van der Waals surface area (Å²) in [5.74, 6) is 0.962. The Balaban J connectivity index is 2.25. The molecule has 0 saturated carbocycles. The largest absolute Gasteiger partial charge is 0.373 e. The number of nitrogens with one attached hydrogen (secondary N) is 1. The molecule has 0 aliphatic rings. The van der Waals surface area contributed by atoms with Crippen LogP contribution in [0.5, 0.6) is 0 Å². The lowest BCUT2D eigenvalue weighted by atomic mass is 10.2. The number of halogens is 1. The van der Waals surface area contributed by atoms with Crippen LogP contribution >= 0.6 is 11.6 Å². The van der Waals surface area contributed by atoms with Crippen LogP contribution in [0.2, 0.25) is 5.15 Å². The van der Waals surface area contributed by atoms with E-state index in [0.717, 1.165) is 17.1 Å². The van der Waals surface area contributed by atoms with E-state index in [1.807, 2.05) is 37.7 Å². The van der Waals surface area contributed by atoms with Crippen molar-refractivity contribution in [2.45, 2.75) is 19.9 Å². The zero-order valence-electron chi connectivity index (χ0n) is 10.1. The van der Waals surface area contributed by atoms with Gasteiger partial charge in [-0.25, -0.2) is 9.97 Å². The van der Waals surface area contributed by atoms with E-state index in [1.54, 1.807) is 12.4 Å². The van der Waals surface area contributed by atoms with Crippen molar-refractivity contribution in [2.24, 2.45) is 7.05 Å². The number of pyridine rings is 1. The van der Waals surface area contributed by atoms with Crippen molar-refractivity contribution in [2.75, 3.05) is 5.32 Å². The van der Waals surface area contributed by atoms with Crippen molar-refractivity contribution >= 4 is 17.3 Å². The summed E-state index contributed by atoms with van der Waals surface area (Å²) in [5.41, 5.74) is 1.94. The van der Waals surface area contributed by atoms with Gasteiger partial charge in [-0.2, -0.15) is 0 Å². The average molecular weight is 251 g/mol. The molecule has 17 heavy (non-hydrogen) atoms. The Labute approximate surface area is 106 Å². The van der Waals surface area contributed by atoms with Crippen molar-refractivity contribution in [1.29, 1.82) is 0 Å². The van der Waals surface area contributed by atoms with Gasteiger partial charge in [0.1, 0.15) is 5.82 Å². The fourth-order valence-corrected chi connectivity index (χ4v) is 2.03. The lowest BCUT2D eigenvalue weighted by Crippen LogP contribution is -2.13. The second kappa shape index (κ2) is 4.75. The molecule has 0 radical (unpaired) electrons. The standard InChI is InChI=1S/C12H15ClN4/c1-8-4-5-14-11(13)10(8)16-9(2)12-15-6-7-17(12)3/h4-7,9,16H,1-3H3. The molecular weight excluding hydrogens is 236 g/mol. The summed E-state index contributed by atoms with van der Waals surface area (Å²) < 4.78 is 1.98. The van der Waals surface area contributed by atoms with Gasteiger partial charge >= 0.3 is 0 Å². The summed E-state index contributed by atoms with van der Waals surface area (Å²) in [7, 11) is 1.97. The highest BCUT2D eigenvalue weighted by molar-refractivity contribution is 6.32. The molecule has 0 aromatic carbocycles. The maximum Gasteiger partial charge on any atom is 0.152 e. The fourth-order valence-electron chi connectivity index (χ4n) is 1.77. The zero-order chi connectivity index (χ0) is 12.4. The van der Waals surface area contributed by atoms with Gasteiger partial charge in [0.2, 0.25) is 0 Å². The highest BCUT2D eigenvalue weighted by Crippen LogP contribution is 2.26. The van der Waals surface area contributed by atoms with Crippen molar-refractivity contribution in [3.63, 3.8) is 0 Å². The van der Waals surface area contributed by atoms with Gasteiger partial charge in [-0.15, -0.1) is 0 Å². The van der Waals surface area contributed by atoms with Gasteiger partial charge in [0.05, 0.1) is 11.7 Å². The molecule has 1 unspecified atom stereocenters. The summed E-state index contributed by atoms with van der Waals surface area (Å²) in [6.45, 7) is 4.05. The predicted octanol–water partition coefficient (Wildman–Crippen LogP) is 2.95. The number of imidazole rings is 1. The Bertz CT molecular complexity index is 501. The topological polar surface area (TPSA) is 42.7 Å². The Morgan fingerprint density at radius 3 is 2.71 bits per heavy atom. The summed E-state index contributed by atoms with van der Waals surface area (Å²) >= 11 is 6.07. The molecule has 0 aliphatic heterocycles. The predicted molar refractivity (Wildman–Crippen MR) is 69.2 cm³/mol. The van der Waals surface area contributed by atoms with Crippen LogP contribution in [0.4, 0.5) is 5.69 Å². The second-order valence-electron chi connectivity index (χ2n) is 4.06. The molecule has 1 N–H and O–H groups in total. The molecule has 0 bridgehead atoms. The SMILES string of the molecule is Cc1ccnc(Cl)c1NC(C)c1nccn1C. The molecule has 2 heterocycles. The summed E-state index contributed by atoms with van der Waals surface area (Å²) in [5, 5.41) is 3.84. The first kappa shape index (κ1) is 11.9. The van der Waals surface area contributed by atoms with Crippen molar-refractivity contribution < 1.29 is 0 Å². The molecule has 0 saturated heterocycles. The Hall–Kier alpha value is -1.55. The Kier molecular flexibility index (Phi) is 3.33. The normalized spacial score (nSPS) is 12.5. The zero-order valence-corrected chi connectivity index (χ0v) is 10.9. The smallest absolute Gasteiger partial charge is 0.152 e. The van der Waals surface area contributed by atoms with Crippen molar-refractivity contribution in [1.82, 2.24) is 14.5 Å². The molecule has 0 fully saturated rings. The highest BCUT2D eigenvalue weighted by Gasteiger charge is 2.13. The van der Waals surface area contributed by atoms with Gasteiger partial charge < -0.3 is 9.88 Å².